The van der Waals surface area contributed by atoms with Gasteiger partial charge >= 0.3 is 0 Å². The van der Waals surface area contributed by atoms with Gasteiger partial charge in [0.2, 0.25) is 0 Å². The molecule has 0 saturated heterocycles. The molecular weight excluding hydrogens is 148 g/mol. The first-order valence-corrected chi connectivity index (χ1v) is 2.92. The van der Waals surface area contributed by atoms with Crippen LogP contribution in [0.25, 0.3) is 11.5 Å². The van der Waals surface area contributed by atoms with Crippen LogP contribution in [-0.4, -0.2) is 5.87 Å². The Balaban J connectivity index is 3.19. The van der Waals surface area contributed by atoms with Crippen LogP contribution in [0.5, 0.6) is 0 Å². The van der Waals surface area contributed by atoms with Crippen LogP contribution in [0.1, 0.15) is 5.56 Å². The molecule has 0 N–H and O–H groups in total. The maximum Gasteiger partial charge on any atom is 0.133 e. The normalized spacial score (nSPS) is 8.91. The molecule has 11 heavy (non-hydrogen) atoms. The highest BCUT2D eigenvalue weighted by molar-refractivity contribution is 5.79. The summed E-state index contributed by atoms with van der Waals surface area (Å²) in [6, 6.07) is 3.06. The van der Waals surface area contributed by atoms with Crippen molar-refractivity contribution in [1.82, 2.24) is 0 Å². The SMILES string of the molecule is [N-]=C=Cc1ccc(F)cc1F. The predicted octanol–water partition coefficient (Wildman–Crippen LogP) is 2.22. The monoisotopic (exact) mass is 152 g/mol. The van der Waals surface area contributed by atoms with Crippen molar-refractivity contribution in [2.75, 3.05) is 0 Å². The minimum absolute atomic E-state index is 0.105. The summed E-state index contributed by atoms with van der Waals surface area (Å²) in [5, 5.41) is 8.15. The highest BCUT2D eigenvalue weighted by atomic mass is 19.1. The second kappa shape index (κ2) is 3.08. The van der Waals surface area contributed by atoms with E-state index in [1.165, 1.54) is 6.07 Å². The number of hydrogen-bond donors (Lipinski definition) is 0. The number of halogens is 2. The molecule has 0 bridgehead atoms. The fraction of sp³-hybridized carbons (Fsp3) is 0. The van der Waals surface area contributed by atoms with Crippen LogP contribution < -0.4 is 0 Å². The third-order valence-electron chi connectivity index (χ3n) is 1.18. The molecule has 3 heteroatoms. The van der Waals surface area contributed by atoms with Crippen LogP contribution in [-0.2, 0) is 0 Å². The summed E-state index contributed by atoms with van der Waals surface area (Å²) in [6.45, 7) is 0. The van der Waals surface area contributed by atoms with Gasteiger partial charge in [-0.05, 0) is 18.2 Å². The summed E-state index contributed by atoms with van der Waals surface area (Å²) in [5.41, 5.74) is 0.105. The Kier molecular flexibility index (Phi) is 2.14. The van der Waals surface area contributed by atoms with Crippen LogP contribution in [0, 0.1) is 11.6 Å². The van der Waals surface area contributed by atoms with E-state index in [0.717, 1.165) is 18.2 Å². The molecule has 0 fully saturated rings. The zero-order valence-corrected chi connectivity index (χ0v) is 5.51. The lowest BCUT2D eigenvalue weighted by atomic mass is 10.2. The van der Waals surface area contributed by atoms with Gasteiger partial charge in [-0.25, -0.2) is 8.78 Å². The molecule has 1 aromatic carbocycles. The summed E-state index contributed by atoms with van der Waals surface area (Å²) in [4.78, 5) is 0. The maximum atomic E-state index is 12.6. The number of nitrogens with zero attached hydrogens (tertiary/aromatic N) is 1. The van der Waals surface area contributed by atoms with Gasteiger partial charge in [-0.15, -0.1) is 0 Å². The molecule has 0 atom stereocenters. The van der Waals surface area contributed by atoms with E-state index in [0.29, 0.717) is 0 Å². The van der Waals surface area contributed by atoms with Crippen LogP contribution in [0.2, 0.25) is 0 Å². The van der Waals surface area contributed by atoms with Crippen molar-refractivity contribution in [1.29, 1.82) is 0 Å². The zero-order valence-electron chi connectivity index (χ0n) is 5.51. The third kappa shape index (κ3) is 1.72. The van der Waals surface area contributed by atoms with Gasteiger partial charge in [0, 0.05) is 11.6 Å². The predicted molar refractivity (Wildman–Crippen MR) is 39.2 cm³/mol. The number of benzene rings is 1. The maximum absolute atomic E-state index is 12.6. The highest BCUT2D eigenvalue weighted by Gasteiger charge is 1.98. The summed E-state index contributed by atoms with van der Waals surface area (Å²) < 4.78 is 24.9. The summed E-state index contributed by atoms with van der Waals surface area (Å²) >= 11 is 0. The molecule has 1 rings (SSSR count). The molecule has 0 aromatic heterocycles. The van der Waals surface area contributed by atoms with E-state index >= 15 is 0 Å². The molecule has 1 aromatic rings. The fourth-order valence-corrected chi connectivity index (χ4v) is 0.688. The largest absolute Gasteiger partial charge is 0.763 e. The van der Waals surface area contributed by atoms with Gasteiger partial charge in [-0.1, -0.05) is 0 Å². The Morgan fingerprint density at radius 3 is 2.64 bits per heavy atom. The van der Waals surface area contributed by atoms with Gasteiger partial charge in [0.15, 0.2) is 0 Å². The van der Waals surface area contributed by atoms with Crippen molar-refractivity contribution in [3.8, 4) is 0 Å². The highest BCUT2D eigenvalue weighted by Crippen LogP contribution is 2.09. The van der Waals surface area contributed by atoms with Crippen LogP contribution >= 0.6 is 0 Å². The van der Waals surface area contributed by atoms with E-state index in [1.807, 2.05) is 0 Å². The third-order valence-corrected chi connectivity index (χ3v) is 1.18. The molecule has 0 spiro atoms. The Hall–Kier alpha value is -1.47. The van der Waals surface area contributed by atoms with Crippen molar-refractivity contribution < 1.29 is 8.78 Å². The Morgan fingerprint density at radius 1 is 1.36 bits per heavy atom. The molecule has 0 aliphatic rings. The first-order valence-electron chi connectivity index (χ1n) is 2.92. The number of rotatable bonds is 1. The molecule has 0 heterocycles. The quantitative estimate of drug-likeness (QED) is 0.550. The smallest absolute Gasteiger partial charge is 0.133 e. The van der Waals surface area contributed by atoms with Gasteiger partial charge < -0.3 is 5.41 Å². The summed E-state index contributed by atoms with van der Waals surface area (Å²) in [5.74, 6) is 0.300. The van der Waals surface area contributed by atoms with E-state index < -0.39 is 11.6 Å². The average molecular weight is 152 g/mol. The standard InChI is InChI=1S/C8H4F2N/c9-7-2-1-6(3-4-11)8(10)5-7/h1-3,5H/q-1. The fourth-order valence-electron chi connectivity index (χ4n) is 0.688. The molecule has 0 amide bonds. The van der Waals surface area contributed by atoms with Gasteiger partial charge in [0.05, 0.1) is 0 Å². The van der Waals surface area contributed by atoms with Gasteiger partial charge in [-0.3, -0.25) is 5.87 Å². The first-order chi connectivity index (χ1) is 5.24. The first kappa shape index (κ1) is 7.63. The Bertz CT molecular complexity index is 314. The second-order valence-electron chi connectivity index (χ2n) is 1.94. The summed E-state index contributed by atoms with van der Waals surface area (Å²) in [6.07, 6.45) is 1.02. The molecule has 0 unspecified atom stereocenters. The molecule has 0 saturated carbocycles. The number of hydrogen-bond acceptors (Lipinski definition) is 0. The molecule has 1 nitrogen and oxygen atoms in total. The van der Waals surface area contributed by atoms with E-state index in [1.54, 1.807) is 5.87 Å². The molecule has 56 valence electrons. The van der Waals surface area contributed by atoms with Crippen molar-refractivity contribution >= 4 is 11.9 Å². The molecule has 0 aliphatic carbocycles. The lowest BCUT2D eigenvalue weighted by molar-refractivity contribution is 0.581. The zero-order chi connectivity index (χ0) is 8.27. The van der Waals surface area contributed by atoms with E-state index in [4.69, 9.17) is 5.41 Å². The minimum atomic E-state index is -0.716. The van der Waals surface area contributed by atoms with Crippen molar-refractivity contribution in [2.24, 2.45) is 0 Å². The second-order valence-corrected chi connectivity index (χ2v) is 1.94. The topological polar surface area (TPSA) is 22.3 Å². The van der Waals surface area contributed by atoms with Crippen molar-refractivity contribution in [3.63, 3.8) is 0 Å². The van der Waals surface area contributed by atoms with Crippen LogP contribution in [0.3, 0.4) is 0 Å². The lowest BCUT2D eigenvalue weighted by Gasteiger charge is -1.94. The minimum Gasteiger partial charge on any atom is -0.763 e. The van der Waals surface area contributed by atoms with Gasteiger partial charge in [0.1, 0.15) is 11.6 Å². The van der Waals surface area contributed by atoms with Crippen LogP contribution in [0.4, 0.5) is 8.78 Å². The molecule has 0 aliphatic heterocycles. The van der Waals surface area contributed by atoms with Gasteiger partial charge in [0.25, 0.3) is 0 Å². The van der Waals surface area contributed by atoms with Crippen molar-refractivity contribution in [3.05, 3.63) is 40.8 Å². The summed E-state index contributed by atoms with van der Waals surface area (Å²) in [7, 11) is 0. The average Bonchev–Trinajstić information content (AvgIpc) is 1.95. The Labute approximate surface area is 62.5 Å². The Morgan fingerprint density at radius 2 is 2.09 bits per heavy atom. The van der Waals surface area contributed by atoms with E-state index in [-0.39, 0.29) is 5.56 Å². The van der Waals surface area contributed by atoms with E-state index in [9.17, 15) is 8.78 Å². The van der Waals surface area contributed by atoms with Crippen LogP contribution in [0.15, 0.2) is 18.2 Å². The van der Waals surface area contributed by atoms with E-state index in [2.05, 4.69) is 0 Å². The van der Waals surface area contributed by atoms with Crippen molar-refractivity contribution in [2.45, 2.75) is 0 Å². The lowest BCUT2D eigenvalue weighted by Crippen LogP contribution is -1.83. The van der Waals surface area contributed by atoms with Gasteiger partial charge in [-0.2, -0.15) is 0 Å². The molecule has 0 radical (unpaired) electrons. The molecular formula is C8H4F2N-.